The van der Waals surface area contributed by atoms with Crippen molar-refractivity contribution in [3.05, 3.63) is 0 Å². The lowest BCUT2D eigenvalue weighted by atomic mass is 10.1. The Balaban J connectivity index is 2.89. The van der Waals surface area contributed by atoms with Crippen LogP contribution in [0.3, 0.4) is 0 Å². The number of alkyl halides is 1. The fourth-order valence-electron chi connectivity index (χ4n) is 0.816. The second-order valence-corrected chi connectivity index (χ2v) is 3.11. The van der Waals surface area contributed by atoms with Crippen molar-refractivity contribution in [3.8, 4) is 0 Å². The lowest BCUT2D eigenvalue weighted by Gasteiger charge is -2.04. The Morgan fingerprint density at radius 3 is 2.60 bits per heavy atom. The van der Waals surface area contributed by atoms with Gasteiger partial charge >= 0.3 is 0 Å². The fourth-order valence-corrected chi connectivity index (χ4v) is 0.971. The van der Waals surface area contributed by atoms with E-state index < -0.39 is 0 Å². The Kier molecular flexibility index (Phi) is 7.54. The van der Waals surface area contributed by atoms with Gasteiger partial charge in [0.2, 0.25) is 0 Å². The molecule has 0 rings (SSSR count). The summed E-state index contributed by atoms with van der Waals surface area (Å²) in [6.45, 7) is 2.99. The van der Waals surface area contributed by atoms with Crippen LogP contribution in [-0.4, -0.2) is 19.1 Å². The molecule has 2 heteroatoms. The molecule has 0 fully saturated rings. The van der Waals surface area contributed by atoms with Crippen LogP contribution in [0.25, 0.3) is 0 Å². The van der Waals surface area contributed by atoms with Crippen LogP contribution in [0, 0.1) is 0 Å². The van der Waals surface area contributed by atoms with E-state index >= 15 is 0 Å². The molecule has 0 aromatic heterocycles. The van der Waals surface area contributed by atoms with Gasteiger partial charge in [0.15, 0.2) is 0 Å². The minimum Gasteiger partial charge on any atom is -0.385 e. The number of methoxy groups -OCH3 is 1. The minimum absolute atomic E-state index is 0.372. The summed E-state index contributed by atoms with van der Waals surface area (Å²) in [6, 6.07) is 0. The summed E-state index contributed by atoms with van der Waals surface area (Å²) >= 11 is 5.90. The summed E-state index contributed by atoms with van der Waals surface area (Å²) in [4.78, 5) is 0. The highest BCUT2D eigenvalue weighted by atomic mass is 35.5. The maximum atomic E-state index is 5.90. The van der Waals surface area contributed by atoms with E-state index in [2.05, 4.69) is 6.92 Å². The Morgan fingerprint density at radius 2 is 2.10 bits per heavy atom. The number of rotatable bonds is 6. The molecule has 1 nitrogen and oxygen atoms in total. The lowest BCUT2D eigenvalue weighted by molar-refractivity contribution is 0.192. The van der Waals surface area contributed by atoms with Crippen LogP contribution in [0.2, 0.25) is 0 Å². The molecule has 0 saturated heterocycles. The molecule has 0 aromatic carbocycles. The van der Waals surface area contributed by atoms with Gasteiger partial charge in [-0.15, -0.1) is 11.6 Å². The van der Waals surface area contributed by atoms with Gasteiger partial charge in [0.05, 0.1) is 0 Å². The summed E-state index contributed by atoms with van der Waals surface area (Å²) in [5, 5.41) is 0.372. The van der Waals surface area contributed by atoms with E-state index in [9.17, 15) is 0 Å². The molecule has 62 valence electrons. The van der Waals surface area contributed by atoms with Crippen molar-refractivity contribution >= 4 is 11.6 Å². The van der Waals surface area contributed by atoms with E-state index in [0.29, 0.717) is 5.38 Å². The molecule has 0 aliphatic rings. The van der Waals surface area contributed by atoms with Crippen molar-refractivity contribution in [3.63, 3.8) is 0 Å². The molecule has 0 bridgehead atoms. The fraction of sp³-hybridized carbons (Fsp3) is 1.00. The molecule has 0 N–H and O–H groups in total. The van der Waals surface area contributed by atoms with Crippen molar-refractivity contribution in [2.24, 2.45) is 0 Å². The van der Waals surface area contributed by atoms with E-state index in [1.165, 1.54) is 6.42 Å². The predicted octanol–water partition coefficient (Wildman–Crippen LogP) is 2.82. The normalized spacial score (nSPS) is 13.5. The van der Waals surface area contributed by atoms with Crippen LogP contribution >= 0.6 is 11.6 Å². The van der Waals surface area contributed by atoms with Crippen molar-refractivity contribution in [2.75, 3.05) is 13.7 Å². The zero-order valence-electron chi connectivity index (χ0n) is 6.90. The van der Waals surface area contributed by atoms with Gasteiger partial charge in [0, 0.05) is 19.1 Å². The Morgan fingerprint density at radius 1 is 1.40 bits per heavy atom. The zero-order chi connectivity index (χ0) is 7.82. The SMILES string of the molecule is CCC(Cl)CCCCOC. The highest BCUT2D eigenvalue weighted by Crippen LogP contribution is 2.10. The highest BCUT2D eigenvalue weighted by molar-refractivity contribution is 6.20. The molecule has 0 aliphatic carbocycles. The molecule has 0 radical (unpaired) electrons. The van der Waals surface area contributed by atoms with Gasteiger partial charge < -0.3 is 4.74 Å². The van der Waals surface area contributed by atoms with Crippen LogP contribution in [0.1, 0.15) is 32.6 Å². The summed E-state index contributed by atoms with van der Waals surface area (Å²) in [7, 11) is 1.73. The monoisotopic (exact) mass is 164 g/mol. The molecule has 1 atom stereocenters. The second kappa shape index (κ2) is 7.36. The Bertz CT molecular complexity index is 66.3. The second-order valence-electron chi connectivity index (χ2n) is 2.49. The van der Waals surface area contributed by atoms with Gasteiger partial charge in [-0.25, -0.2) is 0 Å². The molecule has 0 saturated carbocycles. The quantitative estimate of drug-likeness (QED) is 0.434. The van der Waals surface area contributed by atoms with Crippen molar-refractivity contribution in [1.29, 1.82) is 0 Å². The average Bonchev–Trinajstić information content (AvgIpc) is 1.98. The first-order chi connectivity index (χ1) is 4.81. The van der Waals surface area contributed by atoms with E-state index in [1.54, 1.807) is 7.11 Å². The third kappa shape index (κ3) is 6.37. The summed E-state index contributed by atoms with van der Waals surface area (Å²) in [5.41, 5.74) is 0. The van der Waals surface area contributed by atoms with Gasteiger partial charge in [-0.05, 0) is 25.7 Å². The summed E-state index contributed by atoms with van der Waals surface area (Å²) in [6.07, 6.45) is 4.53. The van der Waals surface area contributed by atoms with Crippen LogP contribution in [0.5, 0.6) is 0 Å². The van der Waals surface area contributed by atoms with Gasteiger partial charge in [-0.1, -0.05) is 6.92 Å². The average molecular weight is 165 g/mol. The van der Waals surface area contributed by atoms with Crippen LogP contribution in [0.4, 0.5) is 0 Å². The molecular weight excluding hydrogens is 148 g/mol. The Hall–Kier alpha value is 0.250. The zero-order valence-corrected chi connectivity index (χ0v) is 7.66. The van der Waals surface area contributed by atoms with Gasteiger partial charge in [-0.3, -0.25) is 0 Å². The first-order valence-electron chi connectivity index (χ1n) is 3.94. The summed E-state index contributed by atoms with van der Waals surface area (Å²) < 4.78 is 4.91. The smallest absolute Gasteiger partial charge is 0.0462 e. The van der Waals surface area contributed by atoms with E-state index in [-0.39, 0.29) is 0 Å². The lowest BCUT2D eigenvalue weighted by Crippen LogP contribution is -1.97. The third-order valence-corrected chi connectivity index (χ3v) is 2.09. The molecule has 1 unspecified atom stereocenters. The van der Waals surface area contributed by atoms with Crippen LogP contribution < -0.4 is 0 Å². The summed E-state index contributed by atoms with van der Waals surface area (Å²) in [5.74, 6) is 0. The van der Waals surface area contributed by atoms with Gasteiger partial charge in [-0.2, -0.15) is 0 Å². The standard InChI is InChI=1S/C8H17ClO/c1-3-8(9)6-4-5-7-10-2/h8H,3-7H2,1-2H3. The molecule has 0 heterocycles. The van der Waals surface area contributed by atoms with Gasteiger partial charge in [0.1, 0.15) is 0 Å². The first-order valence-corrected chi connectivity index (χ1v) is 4.38. The molecule has 10 heavy (non-hydrogen) atoms. The number of halogens is 1. The maximum absolute atomic E-state index is 5.90. The molecule has 0 aromatic rings. The molecular formula is C8H17ClO. The predicted molar refractivity (Wildman–Crippen MR) is 45.7 cm³/mol. The maximum Gasteiger partial charge on any atom is 0.0462 e. The minimum atomic E-state index is 0.372. The van der Waals surface area contributed by atoms with Crippen molar-refractivity contribution in [2.45, 2.75) is 38.0 Å². The van der Waals surface area contributed by atoms with Crippen molar-refractivity contribution < 1.29 is 4.74 Å². The highest BCUT2D eigenvalue weighted by Gasteiger charge is 1.99. The number of unbranched alkanes of at least 4 members (excludes halogenated alkanes) is 1. The number of hydrogen-bond donors (Lipinski definition) is 0. The number of hydrogen-bond acceptors (Lipinski definition) is 1. The van der Waals surface area contributed by atoms with E-state index in [0.717, 1.165) is 25.9 Å². The van der Waals surface area contributed by atoms with Gasteiger partial charge in [0.25, 0.3) is 0 Å². The van der Waals surface area contributed by atoms with E-state index in [1.807, 2.05) is 0 Å². The Labute approximate surface area is 68.7 Å². The first kappa shape index (κ1) is 10.2. The van der Waals surface area contributed by atoms with Crippen molar-refractivity contribution in [1.82, 2.24) is 0 Å². The van der Waals surface area contributed by atoms with Crippen LogP contribution in [-0.2, 0) is 4.74 Å². The molecule has 0 aliphatic heterocycles. The van der Waals surface area contributed by atoms with Crippen LogP contribution in [0.15, 0.2) is 0 Å². The largest absolute Gasteiger partial charge is 0.385 e. The molecule has 0 spiro atoms. The number of ether oxygens (including phenoxy) is 1. The molecule has 0 amide bonds. The third-order valence-electron chi connectivity index (χ3n) is 1.56. The topological polar surface area (TPSA) is 9.23 Å². The van der Waals surface area contributed by atoms with E-state index in [4.69, 9.17) is 16.3 Å².